The van der Waals surface area contributed by atoms with Crippen molar-refractivity contribution in [3.05, 3.63) is 35.8 Å². The summed E-state index contributed by atoms with van der Waals surface area (Å²) in [6.45, 7) is 3.30. The lowest BCUT2D eigenvalue weighted by Crippen LogP contribution is -2.43. The topological polar surface area (TPSA) is 85.2 Å². The molecule has 122 valence electrons. The number of hydrogen-bond acceptors (Lipinski definition) is 6. The van der Waals surface area contributed by atoms with Gasteiger partial charge in [-0.05, 0) is 6.92 Å². The van der Waals surface area contributed by atoms with Crippen LogP contribution in [0.15, 0.2) is 18.5 Å². The van der Waals surface area contributed by atoms with Gasteiger partial charge >= 0.3 is 0 Å². The van der Waals surface area contributed by atoms with Gasteiger partial charge in [0.05, 0.1) is 18.8 Å². The van der Waals surface area contributed by atoms with E-state index in [2.05, 4.69) is 20.3 Å². The Bertz CT molecular complexity index is 714. The number of carbonyl (C=O) groups excluding carboxylic acids is 1. The highest BCUT2D eigenvalue weighted by atomic mass is 16.5. The Morgan fingerprint density at radius 3 is 2.96 bits per heavy atom. The van der Waals surface area contributed by atoms with Gasteiger partial charge in [-0.1, -0.05) is 0 Å². The van der Waals surface area contributed by atoms with Gasteiger partial charge in [-0.3, -0.25) is 4.79 Å². The second-order valence-corrected chi connectivity index (χ2v) is 5.45. The van der Waals surface area contributed by atoms with E-state index in [1.807, 2.05) is 27.1 Å². The molecule has 1 amide bonds. The van der Waals surface area contributed by atoms with E-state index in [0.717, 1.165) is 11.5 Å². The molecule has 2 aromatic rings. The van der Waals surface area contributed by atoms with Crippen LogP contribution in [0.5, 0.6) is 0 Å². The van der Waals surface area contributed by atoms with E-state index in [1.165, 1.54) is 0 Å². The summed E-state index contributed by atoms with van der Waals surface area (Å²) < 4.78 is 7.53. The predicted molar refractivity (Wildman–Crippen MR) is 84.1 cm³/mol. The van der Waals surface area contributed by atoms with E-state index < -0.39 is 0 Å². The summed E-state index contributed by atoms with van der Waals surface area (Å²) in [6.07, 6.45) is 3.12. The number of nitrogens with one attached hydrogen (secondary N) is 1. The van der Waals surface area contributed by atoms with Gasteiger partial charge < -0.3 is 19.5 Å². The molecular formula is C15H20N6O2. The van der Waals surface area contributed by atoms with Gasteiger partial charge in [0.1, 0.15) is 17.7 Å². The highest BCUT2D eigenvalue weighted by Crippen LogP contribution is 2.23. The van der Waals surface area contributed by atoms with Crippen molar-refractivity contribution in [1.82, 2.24) is 24.4 Å². The molecule has 0 bridgehead atoms. The van der Waals surface area contributed by atoms with Gasteiger partial charge in [0, 0.05) is 39.1 Å². The minimum atomic E-state index is -0.262. The van der Waals surface area contributed by atoms with Gasteiger partial charge in [0.2, 0.25) is 0 Å². The first-order valence-electron chi connectivity index (χ1n) is 7.50. The van der Waals surface area contributed by atoms with Crippen molar-refractivity contribution in [2.24, 2.45) is 7.05 Å². The largest absolute Gasteiger partial charge is 0.373 e. The quantitative estimate of drug-likeness (QED) is 0.900. The van der Waals surface area contributed by atoms with Crippen LogP contribution in [0.2, 0.25) is 0 Å². The van der Waals surface area contributed by atoms with Crippen molar-refractivity contribution in [2.45, 2.75) is 13.0 Å². The minimum Gasteiger partial charge on any atom is -0.373 e. The highest BCUT2D eigenvalue weighted by molar-refractivity contribution is 5.90. The van der Waals surface area contributed by atoms with Crippen LogP contribution in [0, 0.1) is 6.92 Å². The number of ether oxygens (including phenoxy) is 1. The predicted octanol–water partition coefficient (Wildman–Crippen LogP) is 0.774. The number of morpholine rings is 1. The molecule has 1 N–H and O–H groups in total. The van der Waals surface area contributed by atoms with Crippen molar-refractivity contribution in [1.29, 1.82) is 0 Å². The summed E-state index contributed by atoms with van der Waals surface area (Å²) in [5.74, 6) is 1.75. The Hall–Kier alpha value is -2.48. The average molecular weight is 316 g/mol. The summed E-state index contributed by atoms with van der Waals surface area (Å²) in [5.41, 5.74) is 0.777. The number of hydrogen-bond donors (Lipinski definition) is 1. The Kier molecular flexibility index (Phi) is 4.24. The Morgan fingerprint density at radius 1 is 1.43 bits per heavy atom. The molecule has 2 aromatic heterocycles. The molecular weight excluding hydrogens is 296 g/mol. The van der Waals surface area contributed by atoms with Crippen molar-refractivity contribution < 1.29 is 9.53 Å². The van der Waals surface area contributed by atoms with Crippen molar-refractivity contribution in [3.8, 4) is 0 Å². The average Bonchev–Trinajstić information content (AvgIpc) is 2.99. The summed E-state index contributed by atoms with van der Waals surface area (Å²) in [4.78, 5) is 27.2. The number of amides is 1. The third kappa shape index (κ3) is 3.16. The fourth-order valence-electron chi connectivity index (χ4n) is 2.61. The fourth-order valence-corrected chi connectivity index (χ4v) is 2.61. The van der Waals surface area contributed by atoms with E-state index in [1.54, 1.807) is 21.9 Å². The molecule has 0 aromatic carbocycles. The first kappa shape index (κ1) is 15.4. The van der Waals surface area contributed by atoms with E-state index in [9.17, 15) is 4.79 Å². The van der Waals surface area contributed by atoms with Crippen LogP contribution in [-0.4, -0.2) is 57.1 Å². The van der Waals surface area contributed by atoms with E-state index in [4.69, 9.17) is 4.74 Å². The maximum Gasteiger partial charge on any atom is 0.290 e. The lowest BCUT2D eigenvalue weighted by molar-refractivity contribution is -0.0253. The molecule has 3 rings (SSSR count). The zero-order valence-electron chi connectivity index (χ0n) is 13.5. The van der Waals surface area contributed by atoms with Crippen LogP contribution in [0.4, 0.5) is 5.82 Å². The molecule has 8 heteroatoms. The molecule has 0 spiro atoms. The highest BCUT2D eigenvalue weighted by Gasteiger charge is 2.29. The number of nitrogens with zero attached hydrogens (tertiary/aromatic N) is 5. The van der Waals surface area contributed by atoms with Gasteiger partial charge in [0.15, 0.2) is 5.82 Å². The van der Waals surface area contributed by atoms with Gasteiger partial charge in [0.25, 0.3) is 5.91 Å². The van der Waals surface area contributed by atoms with Gasteiger partial charge in [-0.15, -0.1) is 0 Å². The number of rotatable bonds is 3. The molecule has 8 nitrogen and oxygen atoms in total. The lowest BCUT2D eigenvalue weighted by atomic mass is 10.2. The van der Waals surface area contributed by atoms with Crippen LogP contribution < -0.4 is 5.32 Å². The second-order valence-electron chi connectivity index (χ2n) is 5.45. The van der Waals surface area contributed by atoms with Crippen LogP contribution in [-0.2, 0) is 11.8 Å². The number of aryl methyl sites for hydroxylation is 2. The number of imidazole rings is 1. The van der Waals surface area contributed by atoms with Crippen molar-refractivity contribution in [3.63, 3.8) is 0 Å². The maximum atomic E-state index is 12.6. The number of carbonyl (C=O) groups is 1. The molecule has 1 saturated heterocycles. The Morgan fingerprint density at radius 2 is 2.26 bits per heavy atom. The molecule has 1 atom stereocenters. The molecule has 1 fully saturated rings. The normalized spacial score (nSPS) is 18.0. The van der Waals surface area contributed by atoms with Gasteiger partial charge in [-0.25, -0.2) is 15.0 Å². The van der Waals surface area contributed by atoms with E-state index in [0.29, 0.717) is 31.3 Å². The molecule has 23 heavy (non-hydrogen) atoms. The first-order valence-corrected chi connectivity index (χ1v) is 7.50. The van der Waals surface area contributed by atoms with Crippen LogP contribution in [0.1, 0.15) is 28.2 Å². The van der Waals surface area contributed by atoms with Crippen molar-refractivity contribution in [2.75, 3.05) is 32.1 Å². The zero-order chi connectivity index (χ0) is 16.4. The SMILES string of the molecule is CNc1cc(C2CN(C(=O)c3nccn3C)CCO2)nc(C)n1. The Labute approximate surface area is 134 Å². The van der Waals surface area contributed by atoms with Crippen LogP contribution in [0.25, 0.3) is 0 Å². The Balaban J connectivity index is 1.80. The van der Waals surface area contributed by atoms with E-state index >= 15 is 0 Å². The summed E-state index contributed by atoms with van der Waals surface area (Å²) in [6, 6.07) is 1.85. The smallest absolute Gasteiger partial charge is 0.290 e. The van der Waals surface area contributed by atoms with E-state index in [-0.39, 0.29) is 12.0 Å². The van der Waals surface area contributed by atoms with Crippen LogP contribution in [0.3, 0.4) is 0 Å². The molecule has 0 radical (unpaired) electrons. The number of aromatic nitrogens is 4. The molecule has 0 aliphatic carbocycles. The minimum absolute atomic E-state index is 0.0922. The zero-order valence-corrected chi connectivity index (χ0v) is 13.5. The molecule has 1 aliphatic rings. The number of anilines is 1. The molecule has 0 saturated carbocycles. The third-order valence-electron chi connectivity index (χ3n) is 3.81. The van der Waals surface area contributed by atoms with Gasteiger partial charge in [-0.2, -0.15) is 0 Å². The van der Waals surface area contributed by atoms with Crippen LogP contribution >= 0.6 is 0 Å². The molecule has 3 heterocycles. The first-order chi connectivity index (χ1) is 11.1. The molecule has 1 unspecified atom stereocenters. The summed E-state index contributed by atoms with van der Waals surface area (Å²) in [7, 11) is 3.62. The fraction of sp³-hybridized carbons (Fsp3) is 0.467. The molecule has 1 aliphatic heterocycles. The van der Waals surface area contributed by atoms with Crippen molar-refractivity contribution >= 4 is 11.7 Å². The summed E-state index contributed by atoms with van der Waals surface area (Å²) in [5, 5.41) is 3.01. The standard InChI is InChI=1S/C15H20N6O2/c1-10-18-11(8-13(16-2)19-10)12-9-21(6-7-23-12)15(22)14-17-4-5-20(14)3/h4-5,8,12H,6-7,9H2,1-3H3,(H,16,18,19). The maximum absolute atomic E-state index is 12.6. The second kappa shape index (κ2) is 6.33. The summed E-state index contributed by atoms with van der Waals surface area (Å²) >= 11 is 0. The lowest BCUT2D eigenvalue weighted by Gasteiger charge is -2.32. The monoisotopic (exact) mass is 316 g/mol. The third-order valence-corrected chi connectivity index (χ3v) is 3.81.